The third kappa shape index (κ3) is 5.18. The Morgan fingerprint density at radius 3 is 2.29 bits per heavy atom. The molecule has 4 rings (SSSR count). The van der Waals surface area contributed by atoms with Crippen molar-refractivity contribution in [3.8, 4) is 23.0 Å². The molecule has 178 valence electrons. The van der Waals surface area contributed by atoms with E-state index in [0.29, 0.717) is 47.5 Å². The molecule has 0 saturated heterocycles. The molecule has 0 fully saturated rings. The fourth-order valence-electron chi connectivity index (χ4n) is 3.37. The highest BCUT2D eigenvalue weighted by Crippen LogP contribution is 2.33. The number of carbonyl (C=O) groups is 1. The molecule has 9 nitrogen and oxygen atoms in total. The molecule has 0 unspecified atom stereocenters. The van der Waals surface area contributed by atoms with E-state index in [2.05, 4.69) is 10.0 Å². The van der Waals surface area contributed by atoms with Gasteiger partial charge in [0.25, 0.3) is 15.9 Å². The Balaban J connectivity index is 1.39. The van der Waals surface area contributed by atoms with Crippen LogP contribution in [0.2, 0.25) is 0 Å². The quantitative estimate of drug-likeness (QED) is 0.505. The van der Waals surface area contributed by atoms with Gasteiger partial charge in [-0.25, -0.2) is 8.42 Å². The summed E-state index contributed by atoms with van der Waals surface area (Å²) in [6.07, 6.45) is 0. The van der Waals surface area contributed by atoms with Crippen LogP contribution in [0.4, 0.5) is 5.69 Å². The second-order valence-electron chi connectivity index (χ2n) is 7.36. The van der Waals surface area contributed by atoms with Gasteiger partial charge in [0.2, 0.25) is 0 Å². The minimum atomic E-state index is -3.85. The van der Waals surface area contributed by atoms with E-state index in [0.717, 1.165) is 5.56 Å². The Bertz CT molecular complexity index is 1290. The first-order chi connectivity index (χ1) is 16.4. The molecule has 0 atom stereocenters. The Morgan fingerprint density at radius 2 is 1.59 bits per heavy atom. The predicted molar refractivity (Wildman–Crippen MR) is 125 cm³/mol. The summed E-state index contributed by atoms with van der Waals surface area (Å²) in [5, 5.41) is 2.83. The van der Waals surface area contributed by atoms with Gasteiger partial charge in [0.15, 0.2) is 23.0 Å². The second-order valence-corrected chi connectivity index (χ2v) is 9.04. The van der Waals surface area contributed by atoms with Crippen molar-refractivity contribution in [3.05, 3.63) is 71.8 Å². The number of hydrogen-bond donors (Lipinski definition) is 2. The molecule has 0 bridgehead atoms. The Morgan fingerprint density at radius 1 is 0.882 bits per heavy atom. The summed E-state index contributed by atoms with van der Waals surface area (Å²) in [6, 6.07) is 16.0. The molecule has 0 saturated carbocycles. The lowest BCUT2D eigenvalue weighted by Crippen LogP contribution is -2.22. The van der Waals surface area contributed by atoms with Gasteiger partial charge in [-0.15, -0.1) is 0 Å². The highest BCUT2D eigenvalue weighted by molar-refractivity contribution is 7.92. The summed E-state index contributed by atoms with van der Waals surface area (Å²) >= 11 is 0. The molecule has 0 spiro atoms. The molecule has 1 amide bonds. The Labute approximate surface area is 197 Å². The number of sulfonamides is 1. The number of fused-ring (bicyclic) bond motifs is 1. The monoisotopic (exact) mass is 484 g/mol. The summed E-state index contributed by atoms with van der Waals surface area (Å²) in [5.41, 5.74) is 1.56. The third-order valence-corrected chi connectivity index (χ3v) is 6.50. The molecular formula is C24H24N2O7S. The first-order valence-corrected chi connectivity index (χ1v) is 11.9. The molecule has 0 aromatic heterocycles. The number of anilines is 1. The van der Waals surface area contributed by atoms with Gasteiger partial charge in [-0.2, -0.15) is 0 Å². The van der Waals surface area contributed by atoms with Crippen LogP contribution in [0.5, 0.6) is 23.0 Å². The number of hydrogen-bond acceptors (Lipinski definition) is 7. The van der Waals surface area contributed by atoms with Crippen LogP contribution in [0.15, 0.2) is 65.6 Å². The predicted octanol–water partition coefficient (Wildman–Crippen LogP) is 3.21. The Kier molecular flexibility index (Phi) is 6.78. The maximum absolute atomic E-state index is 12.8. The van der Waals surface area contributed by atoms with Crippen LogP contribution >= 0.6 is 0 Å². The van der Waals surface area contributed by atoms with Crippen molar-refractivity contribution in [2.75, 3.05) is 32.2 Å². The summed E-state index contributed by atoms with van der Waals surface area (Å²) in [5.74, 6) is 1.77. The van der Waals surface area contributed by atoms with Crippen molar-refractivity contribution in [3.63, 3.8) is 0 Å². The van der Waals surface area contributed by atoms with Gasteiger partial charge < -0.3 is 24.3 Å². The van der Waals surface area contributed by atoms with E-state index in [1.807, 2.05) is 6.07 Å². The van der Waals surface area contributed by atoms with Crippen LogP contribution < -0.4 is 29.0 Å². The maximum Gasteiger partial charge on any atom is 0.262 e. The van der Waals surface area contributed by atoms with Gasteiger partial charge >= 0.3 is 0 Å². The largest absolute Gasteiger partial charge is 0.493 e. The summed E-state index contributed by atoms with van der Waals surface area (Å²) in [4.78, 5) is 12.6. The zero-order chi connectivity index (χ0) is 24.1. The number of benzene rings is 3. The lowest BCUT2D eigenvalue weighted by atomic mass is 10.1. The van der Waals surface area contributed by atoms with E-state index in [-0.39, 0.29) is 17.3 Å². The van der Waals surface area contributed by atoms with Gasteiger partial charge in [-0.1, -0.05) is 6.07 Å². The summed E-state index contributed by atoms with van der Waals surface area (Å²) < 4.78 is 49.4. The topological polar surface area (TPSA) is 112 Å². The van der Waals surface area contributed by atoms with Crippen LogP contribution in [0, 0.1) is 0 Å². The summed E-state index contributed by atoms with van der Waals surface area (Å²) in [7, 11) is -0.746. The number of ether oxygens (including phenoxy) is 4. The summed E-state index contributed by atoms with van der Waals surface area (Å²) in [6.45, 7) is 1.07. The molecule has 3 aromatic carbocycles. The molecule has 0 radical (unpaired) electrons. The van der Waals surface area contributed by atoms with E-state index in [1.165, 1.54) is 24.3 Å². The molecule has 1 aliphatic rings. The van der Waals surface area contributed by atoms with Crippen LogP contribution in [-0.2, 0) is 16.6 Å². The second kappa shape index (κ2) is 9.92. The Hall–Kier alpha value is -3.92. The average Bonchev–Trinajstić information content (AvgIpc) is 2.87. The van der Waals surface area contributed by atoms with Crippen LogP contribution in [0.3, 0.4) is 0 Å². The van der Waals surface area contributed by atoms with Crippen molar-refractivity contribution in [1.82, 2.24) is 5.32 Å². The van der Waals surface area contributed by atoms with Crippen LogP contribution in [-0.4, -0.2) is 41.8 Å². The van der Waals surface area contributed by atoms with Crippen molar-refractivity contribution in [2.24, 2.45) is 0 Å². The third-order valence-electron chi connectivity index (χ3n) is 5.12. The molecule has 0 aliphatic carbocycles. The number of amides is 1. The van der Waals surface area contributed by atoms with Gasteiger partial charge in [0.1, 0.15) is 13.2 Å². The molecule has 10 heteroatoms. The first-order valence-electron chi connectivity index (χ1n) is 10.4. The SMILES string of the molecule is COc1ccc(CNC(=O)c2ccc(NS(=O)(=O)c3ccc4c(c3)OCCO4)cc2)cc1OC. The minimum Gasteiger partial charge on any atom is -0.493 e. The molecule has 34 heavy (non-hydrogen) atoms. The van der Waals surface area contributed by atoms with Crippen LogP contribution in [0.25, 0.3) is 0 Å². The number of methoxy groups -OCH3 is 2. The number of rotatable bonds is 8. The van der Waals surface area contributed by atoms with Crippen molar-refractivity contribution in [1.29, 1.82) is 0 Å². The minimum absolute atomic E-state index is 0.0495. The van der Waals surface area contributed by atoms with Gasteiger partial charge in [0, 0.05) is 23.9 Å². The van der Waals surface area contributed by atoms with E-state index < -0.39 is 10.0 Å². The smallest absolute Gasteiger partial charge is 0.262 e. The van der Waals surface area contributed by atoms with Gasteiger partial charge in [0.05, 0.1) is 19.1 Å². The zero-order valence-corrected chi connectivity index (χ0v) is 19.5. The average molecular weight is 485 g/mol. The number of carbonyl (C=O) groups excluding carboxylic acids is 1. The molecular weight excluding hydrogens is 460 g/mol. The number of nitrogens with one attached hydrogen (secondary N) is 2. The van der Waals surface area contributed by atoms with Gasteiger partial charge in [-0.05, 0) is 54.1 Å². The first kappa shape index (κ1) is 23.2. The van der Waals surface area contributed by atoms with Crippen molar-refractivity contribution in [2.45, 2.75) is 11.4 Å². The highest BCUT2D eigenvalue weighted by atomic mass is 32.2. The lowest BCUT2D eigenvalue weighted by molar-refractivity contribution is 0.0951. The van der Waals surface area contributed by atoms with Crippen molar-refractivity contribution >= 4 is 21.6 Å². The highest BCUT2D eigenvalue weighted by Gasteiger charge is 2.19. The lowest BCUT2D eigenvalue weighted by Gasteiger charge is -2.19. The van der Waals surface area contributed by atoms with E-state index >= 15 is 0 Å². The van der Waals surface area contributed by atoms with Gasteiger partial charge in [-0.3, -0.25) is 9.52 Å². The standard InChI is InChI=1S/C24H24N2O7S/c1-30-20-9-3-16(13-22(20)31-2)15-25-24(27)17-4-6-18(7-5-17)26-34(28,29)19-8-10-21-23(14-19)33-12-11-32-21/h3-10,13-14,26H,11-12,15H2,1-2H3,(H,25,27). The molecule has 1 aliphatic heterocycles. The maximum atomic E-state index is 12.8. The van der Waals surface area contributed by atoms with Crippen LogP contribution in [0.1, 0.15) is 15.9 Å². The molecule has 2 N–H and O–H groups in total. The van der Waals surface area contributed by atoms with E-state index in [1.54, 1.807) is 44.6 Å². The van der Waals surface area contributed by atoms with Crippen molar-refractivity contribution < 1.29 is 32.2 Å². The molecule has 1 heterocycles. The van der Waals surface area contributed by atoms with E-state index in [9.17, 15) is 13.2 Å². The fraction of sp³-hybridized carbons (Fsp3) is 0.208. The molecule has 3 aromatic rings. The fourth-order valence-corrected chi connectivity index (χ4v) is 4.44. The normalized spacial score (nSPS) is 12.5. The van der Waals surface area contributed by atoms with E-state index in [4.69, 9.17) is 18.9 Å². The zero-order valence-electron chi connectivity index (χ0n) is 18.7.